The molecule has 1 unspecified atom stereocenters. The average molecular weight is 297 g/mol. The number of carboxylic acids is 1. The summed E-state index contributed by atoms with van der Waals surface area (Å²) in [7, 11) is 0. The van der Waals surface area contributed by atoms with Gasteiger partial charge in [-0.15, -0.1) is 0 Å². The molecule has 1 amide bonds. The van der Waals surface area contributed by atoms with Gasteiger partial charge in [0.2, 0.25) is 5.91 Å². The molecule has 2 heterocycles. The van der Waals surface area contributed by atoms with Crippen LogP contribution in [-0.2, 0) is 9.59 Å². The summed E-state index contributed by atoms with van der Waals surface area (Å²) in [6, 6.07) is 0.309. The molecule has 2 N–H and O–H groups in total. The van der Waals surface area contributed by atoms with Crippen molar-refractivity contribution in [2.24, 2.45) is 5.92 Å². The van der Waals surface area contributed by atoms with E-state index < -0.39 is 5.97 Å². The standard InChI is InChI=1S/C15H27N3O3/c1-12(11-17-6-2-3-7-17)16-10-14(19)18-8-4-13(5-9-18)15(20)21/h12-13,16H,2-11H2,1H3,(H,20,21). The average Bonchev–Trinajstić information content (AvgIpc) is 2.97. The van der Waals surface area contributed by atoms with Crippen LogP contribution < -0.4 is 5.32 Å². The molecule has 1 atom stereocenters. The Labute approximate surface area is 126 Å². The van der Waals surface area contributed by atoms with E-state index in [-0.39, 0.29) is 11.8 Å². The number of aliphatic carboxylic acids is 1. The summed E-state index contributed by atoms with van der Waals surface area (Å²) in [5.41, 5.74) is 0. The van der Waals surface area contributed by atoms with E-state index in [0.717, 1.165) is 6.54 Å². The minimum atomic E-state index is -0.737. The second-order valence-corrected chi connectivity index (χ2v) is 6.28. The molecule has 2 rings (SSSR count). The zero-order valence-electron chi connectivity index (χ0n) is 12.9. The molecular formula is C15H27N3O3. The van der Waals surface area contributed by atoms with Gasteiger partial charge in [0.25, 0.3) is 0 Å². The van der Waals surface area contributed by atoms with Crippen LogP contribution in [0.15, 0.2) is 0 Å². The van der Waals surface area contributed by atoms with E-state index in [9.17, 15) is 9.59 Å². The van der Waals surface area contributed by atoms with Gasteiger partial charge in [0.1, 0.15) is 0 Å². The Hall–Kier alpha value is -1.14. The molecule has 2 aliphatic rings. The number of hydrogen-bond donors (Lipinski definition) is 2. The summed E-state index contributed by atoms with van der Waals surface area (Å²) in [6.45, 7) is 6.94. The smallest absolute Gasteiger partial charge is 0.306 e. The Kier molecular flexibility index (Phi) is 5.99. The molecule has 0 aromatic carbocycles. The Bertz CT molecular complexity index is 361. The third-order valence-corrected chi connectivity index (χ3v) is 4.53. The first kappa shape index (κ1) is 16.2. The number of likely N-dealkylation sites (tertiary alicyclic amines) is 2. The molecule has 0 saturated carbocycles. The monoisotopic (exact) mass is 297 g/mol. The van der Waals surface area contributed by atoms with Gasteiger partial charge in [0, 0.05) is 25.7 Å². The number of nitrogens with zero attached hydrogens (tertiary/aromatic N) is 2. The van der Waals surface area contributed by atoms with Crippen molar-refractivity contribution >= 4 is 11.9 Å². The van der Waals surface area contributed by atoms with E-state index in [1.165, 1.54) is 25.9 Å². The van der Waals surface area contributed by atoms with Crippen LogP contribution in [0.25, 0.3) is 0 Å². The summed E-state index contributed by atoms with van der Waals surface area (Å²) < 4.78 is 0. The van der Waals surface area contributed by atoms with Crippen LogP contribution in [0.4, 0.5) is 0 Å². The first-order valence-corrected chi connectivity index (χ1v) is 8.02. The molecule has 21 heavy (non-hydrogen) atoms. The first-order valence-electron chi connectivity index (χ1n) is 8.02. The van der Waals surface area contributed by atoms with Crippen LogP contribution in [-0.4, -0.2) is 72.1 Å². The highest BCUT2D eigenvalue weighted by Gasteiger charge is 2.26. The van der Waals surface area contributed by atoms with Gasteiger partial charge in [-0.3, -0.25) is 9.59 Å². The maximum absolute atomic E-state index is 12.1. The molecule has 0 aromatic rings. The summed E-state index contributed by atoms with van der Waals surface area (Å²) >= 11 is 0. The molecule has 2 saturated heterocycles. The third-order valence-electron chi connectivity index (χ3n) is 4.53. The van der Waals surface area contributed by atoms with E-state index in [4.69, 9.17) is 5.11 Å². The van der Waals surface area contributed by atoms with Crippen molar-refractivity contribution in [3.05, 3.63) is 0 Å². The lowest BCUT2D eigenvalue weighted by Crippen LogP contribution is -2.47. The molecule has 0 aromatic heterocycles. The minimum absolute atomic E-state index is 0.0899. The van der Waals surface area contributed by atoms with E-state index in [1.807, 2.05) is 0 Å². The first-order chi connectivity index (χ1) is 10.1. The number of carbonyl (C=O) groups excluding carboxylic acids is 1. The summed E-state index contributed by atoms with van der Waals surface area (Å²) in [5, 5.41) is 12.2. The second kappa shape index (κ2) is 7.75. The van der Waals surface area contributed by atoms with Crippen LogP contribution in [0.1, 0.15) is 32.6 Å². The molecule has 0 radical (unpaired) electrons. The van der Waals surface area contributed by atoms with Gasteiger partial charge in [-0.2, -0.15) is 0 Å². The van der Waals surface area contributed by atoms with E-state index in [0.29, 0.717) is 38.5 Å². The molecule has 0 aliphatic carbocycles. The van der Waals surface area contributed by atoms with Crippen LogP contribution in [0, 0.1) is 5.92 Å². The van der Waals surface area contributed by atoms with Crippen LogP contribution in [0.3, 0.4) is 0 Å². The van der Waals surface area contributed by atoms with Gasteiger partial charge in [-0.05, 0) is 45.7 Å². The van der Waals surface area contributed by atoms with Crippen molar-refractivity contribution in [3.63, 3.8) is 0 Å². The number of hydrogen-bond acceptors (Lipinski definition) is 4. The SMILES string of the molecule is CC(CN1CCCC1)NCC(=O)N1CCC(C(=O)O)CC1. The number of carboxylic acid groups (broad SMARTS) is 1. The maximum Gasteiger partial charge on any atom is 0.306 e. The van der Waals surface area contributed by atoms with Crippen LogP contribution >= 0.6 is 0 Å². The molecular weight excluding hydrogens is 270 g/mol. The minimum Gasteiger partial charge on any atom is -0.481 e. The maximum atomic E-state index is 12.1. The van der Waals surface area contributed by atoms with Crippen molar-refractivity contribution in [2.75, 3.05) is 39.3 Å². The summed E-state index contributed by atoms with van der Waals surface area (Å²) in [6.07, 6.45) is 3.71. The predicted molar refractivity (Wildman–Crippen MR) is 80.1 cm³/mol. The quantitative estimate of drug-likeness (QED) is 0.742. The number of amides is 1. The zero-order valence-corrected chi connectivity index (χ0v) is 12.9. The fourth-order valence-corrected chi connectivity index (χ4v) is 3.17. The van der Waals surface area contributed by atoms with Gasteiger partial charge in [0.15, 0.2) is 0 Å². The molecule has 2 aliphatic heterocycles. The number of piperidine rings is 1. The Morgan fingerprint density at radius 1 is 1.19 bits per heavy atom. The van der Waals surface area contributed by atoms with E-state index >= 15 is 0 Å². The predicted octanol–water partition coefficient (Wildman–Crippen LogP) is 0.384. The Morgan fingerprint density at radius 3 is 2.38 bits per heavy atom. The highest BCUT2D eigenvalue weighted by Crippen LogP contribution is 2.17. The van der Waals surface area contributed by atoms with Gasteiger partial charge >= 0.3 is 5.97 Å². The number of nitrogens with one attached hydrogen (secondary N) is 1. The van der Waals surface area contributed by atoms with Crippen molar-refractivity contribution < 1.29 is 14.7 Å². The van der Waals surface area contributed by atoms with Gasteiger partial charge < -0.3 is 20.2 Å². The normalized spacial score (nSPS) is 22.4. The van der Waals surface area contributed by atoms with Crippen molar-refractivity contribution in [2.45, 2.75) is 38.6 Å². The van der Waals surface area contributed by atoms with E-state index in [2.05, 4.69) is 17.1 Å². The third kappa shape index (κ3) is 4.97. The fraction of sp³-hybridized carbons (Fsp3) is 0.867. The number of rotatable bonds is 6. The van der Waals surface area contributed by atoms with Gasteiger partial charge in [-0.25, -0.2) is 0 Å². The topological polar surface area (TPSA) is 72.9 Å². The summed E-state index contributed by atoms with van der Waals surface area (Å²) in [4.78, 5) is 27.2. The van der Waals surface area contributed by atoms with Crippen LogP contribution in [0.5, 0.6) is 0 Å². The Balaban J connectivity index is 1.64. The molecule has 120 valence electrons. The molecule has 0 bridgehead atoms. The second-order valence-electron chi connectivity index (χ2n) is 6.28. The lowest BCUT2D eigenvalue weighted by Gasteiger charge is -2.31. The zero-order chi connectivity index (χ0) is 15.2. The molecule has 6 nitrogen and oxygen atoms in total. The lowest BCUT2D eigenvalue weighted by molar-refractivity contribution is -0.145. The largest absolute Gasteiger partial charge is 0.481 e. The highest BCUT2D eigenvalue weighted by molar-refractivity contribution is 5.79. The Morgan fingerprint density at radius 2 is 1.81 bits per heavy atom. The van der Waals surface area contributed by atoms with Crippen LogP contribution in [0.2, 0.25) is 0 Å². The summed E-state index contributed by atoms with van der Waals surface area (Å²) in [5.74, 6) is -0.928. The lowest BCUT2D eigenvalue weighted by atomic mass is 9.97. The van der Waals surface area contributed by atoms with E-state index in [1.54, 1.807) is 4.90 Å². The van der Waals surface area contributed by atoms with Crippen molar-refractivity contribution in [1.29, 1.82) is 0 Å². The van der Waals surface area contributed by atoms with Crippen molar-refractivity contribution in [1.82, 2.24) is 15.1 Å². The van der Waals surface area contributed by atoms with Crippen molar-refractivity contribution in [3.8, 4) is 0 Å². The fourth-order valence-electron chi connectivity index (χ4n) is 3.17. The molecule has 2 fully saturated rings. The molecule has 0 spiro atoms. The van der Waals surface area contributed by atoms with Gasteiger partial charge in [-0.1, -0.05) is 0 Å². The number of carbonyl (C=O) groups is 2. The molecule has 6 heteroatoms. The highest BCUT2D eigenvalue weighted by atomic mass is 16.4. The van der Waals surface area contributed by atoms with Gasteiger partial charge in [0.05, 0.1) is 12.5 Å².